The summed E-state index contributed by atoms with van der Waals surface area (Å²) in [6.07, 6.45) is 8.53. The molecule has 0 saturated heterocycles. The zero-order valence-electron chi connectivity index (χ0n) is 19.2. The van der Waals surface area contributed by atoms with E-state index in [1.165, 1.54) is 18.7 Å². The normalized spacial score (nSPS) is 15.8. The van der Waals surface area contributed by atoms with Crippen LogP contribution < -0.4 is 0 Å². The highest BCUT2D eigenvalue weighted by molar-refractivity contribution is 5.94. The van der Waals surface area contributed by atoms with E-state index in [0.29, 0.717) is 24.5 Å². The minimum Gasteiger partial charge on any atom is -0.335 e. The maximum Gasteiger partial charge on any atom is 0.222 e. The van der Waals surface area contributed by atoms with E-state index >= 15 is 0 Å². The third-order valence-corrected chi connectivity index (χ3v) is 6.79. The highest BCUT2D eigenvalue weighted by Crippen LogP contribution is 2.43. The number of fused-ring (bicyclic) bond motifs is 2. The van der Waals surface area contributed by atoms with Gasteiger partial charge in [0.15, 0.2) is 5.65 Å². The lowest BCUT2D eigenvalue weighted by Crippen LogP contribution is -2.38. The fourth-order valence-corrected chi connectivity index (χ4v) is 4.92. The molecule has 0 aromatic carbocycles. The van der Waals surface area contributed by atoms with Gasteiger partial charge in [-0.1, -0.05) is 6.92 Å². The molecule has 1 aliphatic carbocycles. The molecule has 168 valence electrons. The zero-order valence-corrected chi connectivity index (χ0v) is 19.2. The Kier molecular flexibility index (Phi) is 4.57. The van der Waals surface area contributed by atoms with Crippen LogP contribution in [-0.4, -0.2) is 46.7 Å². The second kappa shape index (κ2) is 7.50. The van der Waals surface area contributed by atoms with E-state index in [2.05, 4.69) is 27.6 Å². The first-order chi connectivity index (χ1) is 16.0. The molecule has 1 fully saturated rings. The summed E-state index contributed by atoms with van der Waals surface area (Å²) in [6, 6.07) is 4.20. The number of pyridine rings is 2. The van der Waals surface area contributed by atoms with Crippen LogP contribution in [0.5, 0.6) is 0 Å². The molecule has 8 heteroatoms. The molecule has 33 heavy (non-hydrogen) atoms. The summed E-state index contributed by atoms with van der Waals surface area (Å²) in [5.41, 5.74) is 6.78. The maximum absolute atomic E-state index is 12.5. The molecule has 4 aromatic heterocycles. The van der Waals surface area contributed by atoms with Gasteiger partial charge in [0, 0.05) is 61.4 Å². The molecular formula is C25H27N7O. The number of aromatic nitrogens is 6. The monoisotopic (exact) mass is 441 g/mol. The molecule has 0 spiro atoms. The number of carbonyl (C=O) groups excluding carboxylic acids is 1. The van der Waals surface area contributed by atoms with Gasteiger partial charge in [-0.3, -0.25) is 9.48 Å². The molecule has 1 amide bonds. The molecule has 1 aliphatic heterocycles. The van der Waals surface area contributed by atoms with Crippen molar-refractivity contribution in [2.24, 2.45) is 7.05 Å². The second-order valence-corrected chi connectivity index (χ2v) is 9.15. The van der Waals surface area contributed by atoms with Gasteiger partial charge in [0.2, 0.25) is 5.91 Å². The Balaban J connectivity index is 1.51. The number of aryl methyl sites for hydroxylation is 2. The first-order valence-electron chi connectivity index (χ1n) is 11.7. The van der Waals surface area contributed by atoms with Crippen molar-refractivity contribution < 1.29 is 4.79 Å². The smallest absolute Gasteiger partial charge is 0.222 e. The Bertz CT molecular complexity index is 1400. The van der Waals surface area contributed by atoms with Crippen molar-refractivity contribution >= 4 is 16.9 Å². The number of nitrogens with zero attached hydrogens (tertiary/aromatic N) is 7. The lowest BCUT2D eigenvalue weighted by Gasteiger charge is -2.29. The Hall–Kier alpha value is -3.55. The number of imidazole rings is 1. The molecule has 2 aliphatic rings. The third kappa shape index (κ3) is 3.32. The van der Waals surface area contributed by atoms with Gasteiger partial charge in [-0.15, -0.1) is 0 Å². The predicted octanol–water partition coefficient (Wildman–Crippen LogP) is 3.83. The van der Waals surface area contributed by atoms with Crippen LogP contribution in [0.25, 0.3) is 33.5 Å². The first-order valence-corrected chi connectivity index (χ1v) is 11.7. The van der Waals surface area contributed by atoms with Crippen LogP contribution in [0.15, 0.2) is 30.7 Å². The molecule has 0 atom stereocenters. The molecule has 8 nitrogen and oxygen atoms in total. The Morgan fingerprint density at radius 1 is 1.18 bits per heavy atom. The van der Waals surface area contributed by atoms with Crippen molar-refractivity contribution in [3.05, 3.63) is 47.8 Å². The van der Waals surface area contributed by atoms with Crippen LogP contribution in [0.2, 0.25) is 0 Å². The number of amides is 1. The Labute approximate surface area is 192 Å². The van der Waals surface area contributed by atoms with Crippen molar-refractivity contribution in [2.75, 3.05) is 6.54 Å². The zero-order chi connectivity index (χ0) is 22.7. The summed E-state index contributed by atoms with van der Waals surface area (Å²) in [7, 11) is 1.90. The highest BCUT2D eigenvalue weighted by atomic mass is 16.2. The van der Waals surface area contributed by atoms with Gasteiger partial charge in [0.25, 0.3) is 0 Å². The molecule has 6 rings (SSSR count). The lowest BCUT2D eigenvalue weighted by molar-refractivity contribution is -0.132. The van der Waals surface area contributed by atoms with Crippen molar-refractivity contribution in [3.63, 3.8) is 0 Å². The van der Waals surface area contributed by atoms with Crippen molar-refractivity contribution in [1.82, 2.24) is 34.2 Å². The number of hydrogen-bond donors (Lipinski definition) is 0. The highest BCUT2D eigenvalue weighted by Gasteiger charge is 2.34. The van der Waals surface area contributed by atoms with Crippen LogP contribution >= 0.6 is 0 Å². The average Bonchev–Trinajstić information content (AvgIpc) is 3.47. The number of carbonyl (C=O) groups is 1. The standard InChI is InChI=1S/C25H27N7O/c1-4-21(33)31-9-10-32-20(14-31)23(29-25(32)16-5-6-16)18-7-8-26-24-19(18)11-15(2)22(28-24)17-12-27-30(3)13-17/h7-8,11-13,16H,4-6,9-10,14H2,1-3H3. The first kappa shape index (κ1) is 20.1. The van der Waals surface area contributed by atoms with Crippen molar-refractivity contribution in [3.8, 4) is 22.5 Å². The fraction of sp³-hybridized carbons (Fsp3) is 0.400. The summed E-state index contributed by atoms with van der Waals surface area (Å²) in [6.45, 7) is 6.17. The molecule has 1 saturated carbocycles. The molecule has 0 bridgehead atoms. The quantitative estimate of drug-likeness (QED) is 0.481. The number of rotatable bonds is 4. The summed E-state index contributed by atoms with van der Waals surface area (Å²) < 4.78 is 4.15. The molecule has 0 radical (unpaired) electrons. The largest absolute Gasteiger partial charge is 0.335 e. The molecule has 5 heterocycles. The van der Waals surface area contributed by atoms with Gasteiger partial charge >= 0.3 is 0 Å². The van der Waals surface area contributed by atoms with E-state index in [9.17, 15) is 4.79 Å². The van der Waals surface area contributed by atoms with Crippen LogP contribution in [-0.2, 0) is 24.9 Å². The van der Waals surface area contributed by atoms with Gasteiger partial charge in [-0.25, -0.2) is 15.0 Å². The predicted molar refractivity (Wildman–Crippen MR) is 125 cm³/mol. The number of hydrogen-bond acceptors (Lipinski definition) is 5. The van der Waals surface area contributed by atoms with Crippen molar-refractivity contribution in [2.45, 2.75) is 52.1 Å². The van der Waals surface area contributed by atoms with E-state index in [0.717, 1.165) is 52.2 Å². The van der Waals surface area contributed by atoms with E-state index in [4.69, 9.17) is 9.97 Å². The van der Waals surface area contributed by atoms with Crippen LogP contribution in [0.3, 0.4) is 0 Å². The van der Waals surface area contributed by atoms with Crippen molar-refractivity contribution in [1.29, 1.82) is 0 Å². The van der Waals surface area contributed by atoms with Gasteiger partial charge in [-0.2, -0.15) is 5.10 Å². The van der Waals surface area contributed by atoms with Gasteiger partial charge < -0.3 is 9.47 Å². The molecule has 0 N–H and O–H groups in total. The minimum absolute atomic E-state index is 0.194. The minimum atomic E-state index is 0.194. The maximum atomic E-state index is 12.5. The molecular weight excluding hydrogens is 414 g/mol. The molecule has 0 unspecified atom stereocenters. The fourth-order valence-electron chi connectivity index (χ4n) is 4.92. The van der Waals surface area contributed by atoms with Crippen LogP contribution in [0, 0.1) is 6.92 Å². The Morgan fingerprint density at radius 2 is 2.03 bits per heavy atom. The molecule has 4 aromatic rings. The summed E-state index contributed by atoms with van der Waals surface area (Å²) in [5.74, 6) is 1.90. The van der Waals surface area contributed by atoms with Gasteiger partial charge in [-0.05, 0) is 37.5 Å². The third-order valence-electron chi connectivity index (χ3n) is 6.79. The van der Waals surface area contributed by atoms with Gasteiger partial charge in [0.05, 0.1) is 29.8 Å². The van der Waals surface area contributed by atoms with E-state index in [1.807, 2.05) is 43.5 Å². The van der Waals surface area contributed by atoms with Gasteiger partial charge in [0.1, 0.15) is 5.82 Å². The Morgan fingerprint density at radius 3 is 2.76 bits per heavy atom. The van der Waals surface area contributed by atoms with E-state index in [1.54, 1.807) is 4.68 Å². The van der Waals surface area contributed by atoms with E-state index < -0.39 is 0 Å². The average molecular weight is 442 g/mol. The second-order valence-electron chi connectivity index (χ2n) is 9.15. The van der Waals surface area contributed by atoms with Crippen LogP contribution in [0.1, 0.15) is 49.2 Å². The topological polar surface area (TPSA) is 81.7 Å². The summed E-state index contributed by atoms with van der Waals surface area (Å²) in [5, 5.41) is 5.28. The SMILES string of the molecule is CCC(=O)N1CCn2c(C3CC3)nc(-c3ccnc4nc(-c5cnn(C)c5)c(C)cc34)c2C1. The van der Waals surface area contributed by atoms with E-state index in [-0.39, 0.29) is 5.91 Å². The summed E-state index contributed by atoms with van der Waals surface area (Å²) in [4.78, 5) is 29.1. The van der Waals surface area contributed by atoms with Crippen LogP contribution in [0.4, 0.5) is 0 Å². The summed E-state index contributed by atoms with van der Waals surface area (Å²) >= 11 is 0. The lowest BCUT2D eigenvalue weighted by atomic mass is 10.0.